The van der Waals surface area contributed by atoms with E-state index in [1.807, 2.05) is 6.07 Å². The van der Waals surface area contributed by atoms with Crippen LogP contribution in [0.25, 0.3) is 0 Å². The van der Waals surface area contributed by atoms with Gasteiger partial charge < -0.3 is 14.9 Å². The van der Waals surface area contributed by atoms with Crippen LogP contribution in [0.4, 0.5) is 19.0 Å². The predicted molar refractivity (Wildman–Crippen MR) is 72.0 cm³/mol. The van der Waals surface area contributed by atoms with Crippen LogP contribution in [0.3, 0.4) is 0 Å². The maximum Gasteiger partial charge on any atom is 0.415 e. The van der Waals surface area contributed by atoms with Crippen molar-refractivity contribution in [2.24, 2.45) is 0 Å². The Morgan fingerprint density at radius 2 is 2.29 bits per heavy atom. The molecule has 0 unspecified atom stereocenters. The van der Waals surface area contributed by atoms with Crippen molar-refractivity contribution in [3.63, 3.8) is 0 Å². The van der Waals surface area contributed by atoms with Crippen LogP contribution < -0.4 is 4.90 Å². The van der Waals surface area contributed by atoms with Crippen molar-refractivity contribution in [1.29, 1.82) is 0 Å². The first-order valence-electron chi connectivity index (χ1n) is 6.85. The smallest absolute Gasteiger partial charge is 0.382 e. The number of alkyl halides is 3. The van der Waals surface area contributed by atoms with Crippen LogP contribution in [0, 0.1) is 0 Å². The first kappa shape index (κ1) is 16.0. The normalized spacial score (nSPS) is 21.0. The van der Waals surface area contributed by atoms with Gasteiger partial charge in [0.25, 0.3) is 0 Å². The molecule has 0 saturated carbocycles. The fraction of sp³-hybridized carbons (Fsp3) is 0.692. The summed E-state index contributed by atoms with van der Waals surface area (Å²) in [6, 6.07) is 3.72. The molecule has 21 heavy (non-hydrogen) atoms. The number of aliphatic hydroxyl groups excluding tert-OH is 1. The van der Waals surface area contributed by atoms with Crippen LogP contribution in [-0.2, 0) is 0 Å². The Morgan fingerprint density at radius 3 is 2.90 bits per heavy atom. The molecule has 8 heteroatoms. The second kappa shape index (κ2) is 6.57. The molecule has 0 spiro atoms. The summed E-state index contributed by atoms with van der Waals surface area (Å²) in [7, 11) is 1.59. The van der Waals surface area contributed by atoms with E-state index in [0.29, 0.717) is 6.54 Å². The average molecular weight is 304 g/mol. The van der Waals surface area contributed by atoms with Gasteiger partial charge in [0.05, 0.1) is 0 Å². The number of anilines is 1. The van der Waals surface area contributed by atoms with E-state index in [4.69, 9.17) is 5.11 Å². The second-order valence-corrected chi connectivity index (χ2v) is 5.35. The lowest BCUT2D eigenvalue weighted by Crippen LogP contribution is -2.45. The zero-order valence-corrected chi connectivity index (χ0v) is 11.8. The van der Waals surface area contributed by atoms with Crippen LogP contribution in [0.1, 0.15) is 12.8 Å². The van der Waals surface area contributed by atoms with Gasteiger partial charge in [-0.3, -0.25) is 0 Å². The molecular weight excluding hydrogens is 285 g/mol. The molecule has 0 bridgehead atoms. The molecular formula is C13H19F3N4O. The zero-order chi connectivity index (χ0) is 15.5. The number of rotatable bonds is 5. The van der Waals surface area contributed by atoms with Gasteiger partial charge in [-0.1, -0.05) is 0 Å². The van der Waals surface area contributed by atoms with Crippen molar-refractivity contribution in [3.8, 4) is 0 Å². The number of aliphatic hydroxyl groups is 1. The molecule has 0 radical (unpaired) electrons. The van der Waals surface area contributed by atoms with Crippen LogP contribution in [-0.4, -0.2) is 65.2 Å². The highest BCUT2D eigenvalue weighted by Gasteiger charge is 2.39. The Hall–Kier alpha value is -1.41. The van der Waals surface area contributed by atoms with Crippen LogP contribution in [0.5, 0.6) is 0 Å². The van der Waals surface area contributed by atoms with Crippen molar-refractivity contribution in [2.75, 3.05) is 31.6 Å². The molecule has 118 valence electrons. The summed E-state index contributed by atoms with van der Waals surface area (Å²) >= 11 is 0. The van der Waals surface area contributed by atoms with E-state index in [1.165, 1.54) is 4.90 Å². The Labute approximate surface area is 121 Å². The van der Waals surface area contributed by atoms with Gasteiger partial charge in [0, 0.05) is 31.9 Å². The quantitative estimate of drug-likeness (QED) is 0.888. The Morgan fingerprint density at radius 1 is 1.52 bits per heavy atom. The molecule has 0 amide bonds. The monoisotopic (exact) mass is 304 g/mol. The first-order chi connectivity index (χ1) is 9.88. The van der Waals surface area contributed by atoms with Crippen LogP contribution in [0.2, 0.25) is 0 Å². The van der Waals surface area contributed by atoms with Crippen molar-refractivity contribution in [1.82, 2.24) is 15.1 Å². The molecule has 1 aromatic rings. The summed E-state index contributed by atoms with van der Waals surface area (Å²) in [6.45, 7) is 0.844. The first-order valence-corrected chi connectivity index (χ1v) is 6.85. The summed E-state index contributed by atoms with van der Waals surface area (Å²) in [6.07, 6.45) is -3.44. The van der Waals surface area contributed by atoms with Gasteiger partial charge in [0.1, 0.15) is 0 Å². The van der Waals surface area contributed by atoms with Gasteiger partial charge in [0.15, 0.2) is 11.9 Å². The van der Waals surface area contributed by atoms with Crippen molar-refractivity contribution in [3.05, 3.63) is 18.3 Å². The molecule has 1 aliphatic heterocycles. The molecule has 1 aliphatic rings. The molecule has 2 heterocycles. The minimum Gasteiger partial charge on any atom is -0.382 e. The third kappa shape index (κ3) is 4.28. The van der Waals surface area contributed by atoms with Gasteiger partial charge in [-0.2, -0.15) is 18.3 Å². The molecule has 0 aromatic carbocycles. The largest absolute Gasteiger partial charge is 0.415 e. The van der Waals surface area contributed by atoms with Crippen molar-refractivity contribution < 1.29 is 18.3 Å². The van der Waals surface area contributed by atoms with Crippen molar-refractivity contribution >= 4 is 5.82 Å². The third-order valence-corrected chi connectivity index (χ3v) is 3.61. The SMILES string of the molecule is CN(C[C@H]1CCCN1c1cccnn1)C[C@@H](O)C(F)(F)F. The second-order valence-electron chi connectivity index (χ2n) is 5.35. The lowest BCUT2D eigenvalue weighted by molar-refractivity contribution is -0.207. The minimum atomic E-state index is -4.57. The maximum absolute atomic E-state index is 12.4. The summed E-state index contributed by atoms with van der Waals surface area (Å²) in [5.41, 5.74) is 0. The zero-order valence-electron chi connectivity index (χ0n) is 11.8. The molecule has 1 saturated heterocycles. The van der Waals surface area contributed by atoms with E-state index in [9.17, 15) is 13.2 Å². The lowest BCUT2D eigenvalue weighted by atomic mass is 10.2. The highest BCUT2D eigenvalue weighted by Crippen LogP contribution is 2.24. The summed E-state index contributed by atoms with van der Waals surface area (Å²) in [5, 5.41) is 17.0. The number of likely N-dealkylation sites (N-methyl/N-ethyl adjacent to an activating group) is 1. The lowest BCUT2D eigenvalue weighted by Gasteiger charge is -2.30. The summed E-state index contributed by atoms with van der Waals surface area (Å²) in [4.78, 5) is 3.57. The Kier molecular flexibility index (Phi) is 5.00. The number of nitrogens with zero attached hydrogens (tertiary/aromatic N) is 4. The van der Waals surface area contributed by atoms with E-state index in [1.54, 1.807) is 19.3 Å². The fourth-order valence-electron chi connectivity index (χ4n) is 2.61. The van der Waals surface area contributed by atoms with Gasteiger partial charge in [0.2, 0.25) is 0 Å². The topological polar surface area (TPSA) is 52.5 Å². The van der Waals surface area contributed by atoms with Gasteiger partial charge >= 0.3 is 6.18 Å². The van der Waals surface area contributed by atoms with Crippen molar-refractivity contribution in [2.45, 2.75) is 31.2 Å². The van der Waals surface area contributed by atoms with Crippen LogP contribution >= 0.6 is 0 Å². The van der Waals surface area contributed by atoms with E-state index in [2.05, 4.69) is 15.1 Å². The molecule has 1 N–H and O–H groups in total. The highest BCUT2D eigenvalue weighted by atomic mass is 19.4. The predicted octanol–water partition coefficient (Wildman–Crippen LogP) is 1.30. The van der Waals surface area contributed by atoms with E-state index in [0.717, 1.165) is 25.2 Å². The molecule has 0 aliphatic carbocycles. The van der Waals surface area contributed by atoms with Gasteiger partial charge in [-0.15, -0.1) is 5.10 Å². The molecule has 5 nitrogen and oxygen atoms in total. The minimum absolute atomic E-state index is 0.0899. The fourth-order valence-corrected chi connectivity index (χ4v) is 2.61. The van der Waals surface area contributed by atoms with Crippen LogP contribution in [0.15, 0.2) is 18.3 Å². The number of hydrogen-bond donors (Lipinski definition) is 1. The molecule has 1 aromatic heterocycles. The van der Waals surface area contributed by atoms with Gasteiger partial charge in [-0.25, -0.2) is 0 Å². The Balaban J connectivity index is 1.92. The summed E-state index contributed by atoms with van der Waals surface area (Å²) in [5.74, 6) is 0.741. The Bertz CT molecular complexity index is 443. The molecule has 2 rings (SSSR count). The summed E-state index contributed by atoms with van der Waals surface area (Å²) < 4.78 is 37.1. The maximum atomic E-state index is 12.4. The third-order valence-electron chi connectivity index (χ3n) is 3.61. The van der Waals surface area contributed by atoms with E-state index < -0.39 is 18.8 Å². The number of hydrogen-bond acceptors (Lipinski definition) is 5. The molecule has 2 atom stereocenters. The van der Waals surface area contributed by atoms with E-state index in [-0.39, 0.29) is 6.04 Å². The number of halogens is 3. The van der Waals surface area contributed by atoms with E-state index >= 15 is 0 Å². The highest BCUT2D eigenvalue weighted by molar-refractivity contribution is 5.39. The standard InChI is InChI=1S/C13H19F3N4O/c1-19(9-11(21)13(14,15)16)8-10-4-3-7-20(10)12-5-2-6-17-18-12/h2,5-6,10-11,21H,3-4,7-9H2,1H3/t10-,11-/m1/s1. The number of aromatic nitrogens is 2. The van der Waals surface area contributed by atoms with Gasteiger partial charge in [-0.05, 0) is 32.0 Å². The average Bonchev–Trinajstić information content (AvgIpc) is 2.86. The molecule has 1 fully saturated rings.